The summed E-state index contributed by atoms with van der Waals surface area (Å²) < 4.78 is 0. The minimum atomic E-state index is -2.07. The van der Waals surface area contributed by atoms with Crippen LogP contribution in [0.25, 0.3) is 0 Å². The van der Waals surface area contributed by atoms with Gasteiger partial charge in [0.2, 0.25) is 0 Å². The van der Waals surface area contributed by atoms with Crippen molar-refractivity contribution in [2.75, 3.05) is 0 Å². The molecule has 0 aliphatic heterocycles. The third-order valence-electron chi connectivity index (χ3n) is 3.49. The van der Waals surface area contributed by atoms with Crippen LogP contribution in [0.3, 0.4) is 0 Å². The van der Waals surface area contributed by atoms with Crippen molar-refractivity contribution in [2.24, 2.45) is 10.8 Å². The van der Waals surface area contributed by atoms with Crippen molar-refractivity contribution in [3.8, 4) is 18.2 Å². The minimum absolute atomic E-state index is 0.237. The SMILES string of the molecule is N#CC1(C#N)[C@@H](c2ccccc2Cl)[C@@]1(C#N)C(=O)O. The molecule has 1 fully saturated rings. The molecule has 0 amide bonds. The van der Waals surface area contributed by atoms with Crippen molar-refractivity contribution in [2.45, 2.75) is 5.92 Å². The van der Waals surface area contributed by atoms with Gasteiger partial charge in [0.15, 0.2) is 10.8 Å². The molecule has 0 bridgehead atoms. The van der Waals surface area contributed by atoms with Crippen LogP contribution in [0.1, 0.15) is 11.5 Å². The Morgan fingerprint density at radius 1 is 1.21 bits per heavy atom. The van der Waals surface area contributed by atoms with Crippen LogP contribution in [0.4, 0.5) is 0 Å². The second-order valence-electron chi connectivity index (χ2n) is 4.21. The van der Waals surface area contributed by atoms with E-state index in [0.29, 0.717) is 5.56 Å². The van der Waals surface area contributed by atoms with E-state index in [-0.39, 0.29) is 5.02 Å². The molecule has 1 saturated carbocycles. The zero-order chi connectivity index (χ0) is 14.3. The molecule has 0 saturated heterocycles. The van der Waals surface area contributed by atoms with Gasteiger partial charge in [-0.2, -0.15) is 15.8 Å². The number of carbonyl (C=O) groups is 1. The average molecular weight is 272 g/mol. The highest BCUT2D eigenvalue weighted by atomic mass is 35.5. The number of hydrogen-bond acceptors (Lipinski definition) is 4. The summed E-state index contributed by atoms with van der Waals surface area (Å²) in [6.07, 6.45) is 0. The Balaban J connectivity index is 2.70. The van der Waals surface area contributed by atoms with E-state index in [1.165, 1.54) is 12.1 Å². The number of nitriles is 3. The molecule has 6 heteroatoms. The van der Waals surface area contributed by atoms with Crippen molar-refractivity contribution in [1.29, 1.82) is 15.8 Å². The van der Waals surface area contributed by atoms with Gasteiger partial charge < -0.3 is 5.11 Å². The van der Waals surface area contributed by atoms with Gasteiger partial charge >= 0.3 is 5.97 Å². The number of hydrogen-bond donors (Lipinski definition) is 1. The summed E-state index contributed by atoms with van der Waals surface area (Å²) in [5.74, 6) is -2.53. The Hall–Kier alpha value is -2.55. The first kappa shape index (κ1) is 12.9. The maximum atomic E-state index is 11.4. The summed E-state index contributed by atoms with van der Waals surface area (Å²) in [4.78, 5) is 11.4. The van der Waals surface area contributed by atoms with Gasteiger partial charge in [0, 0.05) is 5.02 Å². The van der Waals surface area contributed by atoms with E-state index < -0.39 is 22.7 Å². The first-order valence-electron chi connectivity index (χ1n) is 5.23. The fraction of sp³-hybridized carbons (Fsp3) is 0.231. The largest absolute Gasteiger partial charge is 0.480 e. The number of halogens is 1. The monoisotopic (exact) mass is 271 g/mol. The highest BCUT2D eigenvalue weighted by Gasteiger charge is 2.85. The third kappa shape index (κ3) is 1.30. The molecule has 0 spiro atoms. The molecule has 0 radical (unpaired) electrons. The molecule has 1 aliphatic carbocycles. The lowest BCUT2D eigenvalue weighted by atomic mass is 9.97. The van der Waals surface area contributed by atoms with E-state index in [9.17, 15) is 15.2 Å². The molecular formula is C13H6ClN3O2. The molecule has 1 N–H and O–H groups in total. The highest BCUT2D eigenvalue weighted by Crippen LogP contribution is 2.74. The number of rotatable bonds is 2. The second-order valence-corrected chi connectivity index (χ2v) is 4.62. The number of benzene rings is 1. The van der Waals surface area contributed by atoms with Crippen molar-refractivity contribution < 1.29 is 9.90 Å². The predicted molar refractivity (Wildman–Crippen MR) is 63.5 cm³/mol. The van der Waals surface area contributed by atoms with Crippen LogP contribution in [0.2, 0.25) is 5.02 Å². The third-order valence-corrected chi connectivity index (χ3v) is 3.83. The van der Waals surface area contributed by atoms with Gasteiger partial charge in [-0.05, 0) is 11.6 Å². The first-order valence-corrected chi connectivity index (χ1v) is 5.61. The van der Waals surface area contributed by atoms with Crippen LogP contribution in [0, 0.1) is 44.8 Å². The number of nitrogens with zero attached hydrogens (tertiary/aromatic N) is 3. The standard InChI is InChI=1S/C13H6ClN3O2/c14-9-4-2-1-3-8(9)10-12(5-15,6-16)13(10,7-17)11(18)19/h1-4,10H,(H,18,19)/t10-,13+/m1/s1. The van der Waals surface area contributed by atoms with Gasteiger partial charge in [0.05, 0.1) is 24.1 Å². The Morgan fingerprint density at radius 3 is 2.16 bits per heavy atom. The van der Waals surface area contributed by atoms with Crippen molar-refractivity contribution in [1.82, 2.24) is 0 Å². The molecule has 1 aliphatic rings. The summed E-state index contributed by atoms with van der Waals surface area (Å²) in [7, 11) is 0. The van der Waals surface area contributed by atoms with Crippen molar-refractivity contribution >= 4 is 17.6 Å². The van der Waals surface area contributed by atoms with E-state index in [0.717, 1.165) is 0 Å². The topological polar surface area (TPSA) is 109 Å². The first-order chi connectivity index (χ1) is 9.01. The van der Waals surface area contributed by atoms with Crippen LogP contribution in [-0.4, -0.2) is 11.1 Å². The molecule has 2 rings (SSSR count). The molecule has 1 aromatic carbocycles. The smallest absolute Gasteiger partial charge is 0.327 e. The van der Waals surface area contributed by atoms with E-state index in [1.54, 1.807) is 30.3 Å². The fourth-order valence-electron chi connectivity index (χ4n) is 2.47. The summed E-state index contributed by atoms with van der Waals surface area (Å²) in [5, 5.41) is 37.0. The fourth-order valence-corrected chi connectivity index (χ4v) is 2.72. The lowest BCUT2D eigenvalue weighted by Crippen LogP contribution is -2.20. The Labute approximate surface area is 113 Å². The predicted octanol–water partition coefficient (Wildman–Crippen LogP) is 2.07. The molecule has 2 atom stereocenters. The van der Waals surface area contributed by atoms with E-state index in [2.05, 4.69) is 0 Å². The zero-order valence-electron chi connectivity index (χ0n) is 9.46. The molecule has 1 aromatic rings. The molecule has 0 heterocycles. The molecule has 0 aromatic heterocycles. The van der Waals surface area contributed by atoms with Gasteiger partial charge in [0.1, 0.15) is 0 Å². The lowest BCUT2D eigenvalue weighted by Gasteiger charge is -2.03. The van der Waals surface area contributed by atoms with Crippen LogP contribution < -0.4 is 0 Å². The van der Waals surface area contributed by atoms with Gasteiger partial charge in [-0.15, -0.1) is 0 Å². The molecule has 0 unspecified atom stereocenters. The lowest BCUT2D eigenvalue weighted by molar-refractivity contribution is -0.141. The average Bonchev–Trinajstić information content (AvgIpc) is 3.03. The number of carboxylic acid groups (broad SMARTS) is 1. The summed E-state index contributed by atoms with van der Waals surface area (Å²) in [6, 6.07) is 11.3. The maximum absolute atomic E-state index is 11.4. The van der Waals surface area contributed by atoms with Crippen molar-refractivity contribution in [3.63, 3.8) is 0 Å². The quantitative estimate of drug-likeness (QED) is 0.885. The highest BCUT2D eigenvalue weighted by molar-refractivity contribution is 6.31. The Bertz CT molecular complexity index is 681. The van der Waals surface area contributed by atoms with Crippen LogP contribution in [0.5, 0.6) is 0 Å². The summed E-state index contributed by atoms with van der Waals surface area (Å²) >= 11 is 5.97. The summed E-state index contributed by atoms with van der Waals surface area (Å²) in [6.45, 7) is 0. The van der Waals surface area contributed by atoms with Crippen molar-refractivity contribution in [3.05, 3.63) is 34.9 Å². The normalized spacial score (nSPS) is 26.5. The van der Waals surface area contributed by atoms with Gasteiger partial charge in [-0.3, -0.25) is 4.79 Å². The second kappa shape index (κ2) is 3.99. The van der Waals surface area contributed by atoms with Gasteiger partial charge in [0.25, 0.3) is 0 Å². The van der Waals surface area contributed by atoms with Gasteiger partial charge in [-0.25, -0.2) is 0 Å². The Kier molecular flexibility index (Phi) is 2.71. The number of carboxylic acids is 1. The summed E-state index contributed by atoms with van der Waals surface area (Å²) in [5.41, 5.74) is -3.64. The van der Waals surface area contributed by atoms with Crippen LogP contribution >= 0.6 is 11.6 Å². The van der Waals surface area contributed by atoms with E-state index in [1.807, 2.05) is 0 Å². The molecule has 5 nitrogen and oxygen atoms in total. The van der Waals surface area contributed by atoms with E-state index in [4.69, 9.17) is 22.1 Å². The van der Waals surface area contributed by atoms with E-state index >= 15 is 0 Å². The molecule has 92 valence electrons. The minimum Gasteiger partial charge on any atom is -0.480 e. The number of aliphatic carboxylic acids is 1. The Morgan fingerprint density at radius 2 is 1.79 bits per heavy atom. The maximum Gasteiger partial charge on any atom is 0.327 e. The van der Waals surface area contributed by atoms with Gasteiger partial charge in [-0.1, -0.05) is 29.8 Å². The zero-order valence-corrected chi connectivity index (χ0v) is 10.2. The molecule has 19 heavy (non-hydrogen) atoms. The molecular weight excluding hydrogens is 266 g/mol. The van der Waals surface area contributed by atoms with Crippen LogP contribution in [-0.2, 0) is 4.79 Å². The van der Waals surface area contributed by atoms with Crippen LogP contribution in [0.15, 0.2) is 24.3 Å².